The van der Waals surface area contributed by atoms with Gasteiger partial charge in [-0.05, 0) is 25.1 Å². The van der Waals surface area contributed by atoms with Crippen molar-refractivity contribution >= 4 is 16.9 Å². The monoisotopic (exact) mass is 348 g/mol. The van der Waals surface area contributed by atoms with Gasteiger partial charge in [-0.2, -0.15) is 0 Å². The molecule has 0 radical (unpaired) electrons. The Kier molecular flexibility index (Phi) is 4.71. The second-order valence-electron chi connectivity index (χ2n) is 6.80. The Morgan fingerprint density at radius 1 is 1.00 bits per heavy atom. The molecular weight excluding hydrogens is 324 g/mol. The molecule has 0 unspecified atom stereocenters. The quantitative estimate of drug-likeness (QED) is 0.724. The number of piperazine rings is 1. The van der Waals surface area contributed by atoms with Gasteiger partial charge in [0.05, 0.1) is 24.3 Å². The average molecular weight is 348 g/mol. The minimum absolute atomic E-state index is 0.919. The van der Waals surface area contributed by atoms with Crippen LogP contribution < -0.4 is 9.64 Å². The highest BCUT2D eigenvalue weighted by Gasteiger charge is 2.19. The number of benzene rings is 2. The summed E-state index contributed by atoms with van der Waals surface area (Å²) in [6.45, 7) is 6.97. The molecule has 0 spiro atoms. The molecule has 3 aromatic rings. The van der Waals surface area contributed by atoms with Crippen LogP contribution in [-0.2, 0) is 6.54 Å². The van der Waals surface area contributed by atoms with Gasteiger partial charge in [0.1, 0.15) is 11.6 Å². The Morgan fingerprint density at radius 3 is 2.54 bits per heavy atom. The van der Waals surface area contributed by atoms with Gasteiger partial charge in [-0.15, -0.1) is 0 Å². The average Bonchev–Trinajstić information content (AvgIpc) is 2.68. The number of anilines is 1. The Bertz CT molecular complexity index is 903. The van der Waals surface area contributed by atoms with Crippen molar-refractivity contribution in [3.8, 4) is 5.75 Å². The fourth-order valence-electron chi connectivity index (χ4n) is 3.51. The minimum atomic E-state index is 0.919. The van der Waals surface area contributed by atoms with Crippen molar-refractivity contribution in [3.63, 3.8) is 0 Å². The molecule has 134 valence electrons. The standard InChI is InChI=1S/C21H24N4O/c1-16-7-8-20(26-2)17(13-16)15-24-9-11-25(12-10-24)21-14-22-18-5-3-4-6-19(18)23-21/h3-8,13-14H,9-12,15H2,1-2H3. The van der Waals surface area contributed by atoms with Gasteiger partial charge < -0.3 is 9.64 Å². The Hall–Kier alpha value is -2.66. The van der Waals surface area contributed by atoms with Crippen LogP contribution in [0.3, 0.4) is 0 Å². The van der Waals surface area contributed by atoms with E-state index >= 15 is 0 Å². The summed E-state index contributed by atoms with van der Waals surface area (Å²) in [5.74, 6) is 1.94. The Balaban J connectivity index is 1.43. The van der Waals surface area contributed by atoms with Crippen molar-refractivity contribution in [1.82, 2.24) is 14.9 Å². The highest BCUT2D eigenvalue weighted by molar-refractivity contribution is 5.75. The number of aryl methyl sites for hydroxylation is 1. The molecule has 2 aromatic carbocycles. The van der Waals surface area contributed by atoms with Gasteiger partial charge in [-0.1, -0.05) is 29.8 Å². The summed E-state index contributed by atoms with van der Waals surface area (Å²) in [4.78, 5) is 14.1. The minimum Gasteiger partial charge on any atom is -0.496 e. The molecule has 1 fully saturated rings. The van der Waals surface area contributed by atoms with Gasteiger partial charge in [0, 0.05) is 38.3 Å². The first-order valence-electron chi connectivity index (χ1n) is 9.05. The molecule has 0 bridgehead atoms. The van der Waals surface area contributed by atoms with Crippen LogP contribution in [0.15, 0.2) is 48.7 Å². The van der Waals surface area contributed by atoms with Crippen molar-refractivity contribution < 1.29 is 4.74 Å². The molecule has 26 heavy (non-hydrogen) atoms. The predicted molar refractivity (Wildman–Crippen MR) is 105 cm³/mol. The Morgan fingerprint density at radius 2 is 1.77 bits per heavy atom. The van der Waals surface area contributed by atoms with E-state index in [4.69, 9.17) is 9.72 Å². The molecule has 0 aliphatic carbocycles. The summed E-state index contributed by atoms with van der Waals surface area (Å²) in [6, 6.07) is 14.4. The summed E-state index contributed by atoms with van der Waals surface area (Å²) in [7, 11) is 1.74. The highest BCUT2D eigenvalue weighted by atomic mass is 16.5. The van der Waals surface area contributed by atoms with Crippen LogP contribution in [0.1, 0.15) is 11.1 Å². The van der Waals surface area contributed by atoms with E-state index in [0.717, 1.165) is 55.3 Å². The summed E-state index contributed by atoms with van der Waals surface area (Å²) in [6.07, 6.45) is 1.89. The van der Waals surface area contributed by atoms with Crippen LogP contribution in [0.2, 0.25) is 0 Å². The zero-order valence-electron chi connectivity index (χ0n) is 15.4. The zero-order valence-corrected chi connectivity index (χ0v) is 15.4. The second-order valence-corrected chi connectivity index (χ2v) is 6.80. The molecule has 1 aliphatic heterocycles. The SMILES string of the molecule is COc1ccc(C)cc1CN1CCN(c2cnc3ccccc3n2)CC1. The van der Waals surface area contributed by atoms with E-state index in [1.165, 1.54) is 11.1 Å². The number of hydrogen-bond donors (Lipinski definition) is 0. The van der Waals surface area contributed by atoms with Gasteiger partial charge >= 0.3 is 0 Å². The third-order valence-corrected chi connectivity index (χ3v) is 4.96. The smallest absolute Gasteiger partial charge is 0.147 e. The maximum absolute atomic E-state index is 5.52. The van der Waals surface area contributed by atoms with Crippen molar-refractivity contribution in [3.05, 3.63) is 59.8 Å². The van der Waals surface area contributed by atoms with Gasteiger partial charge in [-0.25, -0.2) is 4.98 Å². The van der Waals surface area contributed by atoms with Crippen molar-refractivity contribution in [2.75, 3.05) is 38.2 Å². The molecule has 1 aliphatic rings. The highest BCUT2D eigenvalue weighted by Crippen LogP contribution is 2.23. The maximum Gasteiger partial charge on any atom is 0.147 e. The predicted octanol–water partition coefficient (Wildman–Crippen LogP) is 3.27. The van der Waals surface area contributed by atoms with E-state index in [1.807, 2.05) is 30.5 Å². The maximum atomic E-state index is 5.52. The lowest BCUT2D eigenvalue weighted by Crippen LogP contribution is -2.46. The second kappa shape index (κ2) is 7.30. The van der Waals surface area contributed by atoms with Crippen LogP contribution in [0.5, 0.6) is 5.75 Å². The third-order valence-electron chi connectivity index (χ3n) is 4.96. The summed E-state index contributed by atoms with van der Waals surface area (Å²) < 4.78 is 5.52. The van der Waals surface area contributed by atoms with E-state index in [1.54, 1.807) is 7.11 Å². The summed E-state index contributed by atoms with van der Waals surface area (Å²) >= 11 is 0. The number of methoxy groups -OCH3 is 1. The van der Waals surface area contributed by atoms with Gasteiger partial charge in [0.2, 0.25) is 0 Å². The van der Waals surface area contributed by atoms with Gasteiger partial charge in [0.25, 0.3) is 0 Å². The van der Waals surface area contributed by atoms with Gasteiger partial charge in [0.15, 0.2) is 0 Å². The molecule has 1 saturated heterocycles. The molecule has 5 nitrogen and oxygen atoms in total. The first-order valence-corrected chi connectivity index (χ1v) is 9.05. The fourth-order valence-corrected chi connectivity index (χ4v) is 3.51. The fraction of sp³-hybridized carbons (Fsp3) is 0.333. The van der Waals surface area contributed by atoms with Crippen LogP contribution in [-0.4, -0.2) is 48.2 Å². The number of nitrogens with zero attached hydrogens (tertiary/aromatic N) is 4. The lowest BCUT2D eigenvalue weighted by atomic mass is 10.1. The molecule has 0 saturated carbocycles. The summed E-state index contributed by atoms with van der Waals surface area (Å²) in [5.41, 5.74) is 4.43. The van der Waals surface area contributed by atoms with Gasteiger partial charge in [-0.3, -0.25) is 9.88 Å². The van der Waals surface area contributed by atoms with Crippen LogP contribution in [0, 0.1) is 6.92 Å². The van der Waals surface area contributed by atoms with E-state index in [2.05, 4.69) is 39.9 Å². The van der Waals surface area contributed by atoms with Crippen LogP contribution in [0.4, 0.5) is 5.82 Å². The third kappa shape index (κ3) is 3.48. The first-order chi connectivity index (χ1) is 12.7. The van der Waals surface area contributed by atoms with Crippen molar-refractivity contribution in [2.24, 2.45) is 0 Å². The molecule has 0 N–H and O–H groups in total. The number of fused-ring (bicyclic) bond motifs is 1. The summed E-state index contributed by atoms with van der Waals surface area (Å²) in [5, 5.41) is 0. The van der Waals surface area contributed by atoms with E-state index in [0.29, 0.717) is 0 Å². The normalized spacial score (nSPS) is 15.4. The number of hydrogen-bond acceptors (Lipinski definition) is 5. The number of rotatable bonds is 4. The van der Waals surface area contributed by atoms with Crippen LogP contribution >= 0.6 is 0 Å². The lowest BCUT2D eigenvalue weighted by molar-refractivity contribution is 0.245. The first kappa shape index (κ1) is 16.8. The van der Waals surface area contributed by atoms with Crippen molar-refractivity contribution in [1.29, 1.82) is 0 Å². The van der Waals surface area contributed by atoms with E-state index in [-0.39, 0.29) is 0 Å². The molecule has 0 atom stereocenters. The molecule has 0 amide bonds. The molecule has 5 heteroatoms. The number of para-hydroxylation sites is 2. The molecule has 4 rings (SSSR count). The largest absolute Gasteiger partial charge is 0.496 e. The molecule has 1 aromatic heterocycles. The van der Waals surface area contributed by atoms with E-state index in [9.17, 15) is 0 Å². The molecular formula is C21H24N4O. The zero-order chi connectivity index (χ0) is 17.9. The van der Waals surface area contributed by atoms with E-state index < -0.39 is 0 Å². The molecule has 2 heterocycles. The van der Waals surface area contributed by atoms with Crippen LogP contribution in [0.25, 0.3) is 11.0 Å². The van der Waals surface area contributed by atoms with Crippen molar-refractivity contribution in [2.45, 2.75) is 13.5 Å². The Labute approximate surface area is 154 Å². The lowest BCUT2D eigenvalue weighted by Gasteiger charge is -2.35. The number of ether oxygens (including phenoxy) is 1. The number of aromatic nitrogens is 2. The topological polar surface area (TPSA) is 41.5 Å².